The molecule has 2 fully saturated rings. The average molecular weight is 321 g/mol. The van der Waals surface area contributed by atoms with Crippen LogP contribution in [0.2, 0.25) is 0 Å². The lowest BCUT2D eigenvalue weighted by molar-refractivity contribution is 0.324. The summed E-state index contributed by atoms with van der Waals surface area (Å²) >= 11 is 0. The number of rotatable bonds is 3. The van der Waals surface area contributed by atoms with Gasteiger partial charge in [0.25, 0.3) is 10.2 Å². The van der Waals surface area contributed by atoms with Gasteiger partial charge in [0.15, 0.2) is 0 Å². The predicted octanol–water partition coefficient (Wildman–Crippen LogP) is 1.96. The molecule has 1 saturated heterocycles. The lowest BCUT2D eigenvalue weighted by atomic mass is 9.88. The second-order valence-corrected chi connectivity index (χ2v) is 8.58. The molecule has 4 rings (SSSR count). The first-order chi connectivity index (χ1) is 10.5. The molecule has 1 saturated carbocycles. The molecule has 3 aliphatic rings. The van der Waals surface area contributed by atoms with E-state index in [1.165, 1.54) is 12.0 Å². The number of nitrogens with zero attached hydrogens (tertiary/aromatic N) is 1. The van der Waals surface area contributed by atoms with E-state index in [9.17, 15) is 8.42 Å². The number of nitrogens with two attached hydrogens (primary N) is 1. The molecule has 6 heteroatoms. The molecule has 2 aliphatic carbocycles. The van der Waals surface area contributed by atoms with Gasteiger partial charge in [-0.25, -0.2) is 0 Å². The lowest BCUT2D eigenvalue weighted by Gasteiger charge is -2.31. The minimum atomic E-state index is -3.39. The third-order valence-electron chi connectivity index (χ3n) is 5.44. The Hall–Kier alpha value is -1.11. The Bertz CT molecular complexity index is 689. The van der Waals surface area contributed by atoms with Crippen LogP contribution in [-0.2, 0) is 16.6 Å². The fraction of sp³-hybridized carbons (Fsp3) is 0.625. The SMILES string of the molecule is Nc1ccc2c(c1)CCCC2NS(=O)(=O)N1CC2CCC1C2. The number of anilines is 1. The molecule has 1 heterocycles. The molecule has 3 unspecified atom stereocenters. The molecular formula is C16H23N3O2S. The van der Waals surface area contributed by atoms with Crippen molar-refractivity contribution in [2.75, 3.05) is 12.3 Å². The van der Waals surface area contributed by atoms with Gasteiger partial charge in [-0.3, -0.25) is 0 Å². The van der Waals surface area contributed by atoms with Gasteiger partial charge in [-0.2, -0.15) is 17.4 Å². The Morgan fingerprint density at radius 2 is 2.09 bits per heavy atom. The molecule has 0 spiro atoms. The second-order valence-electron chi connectivity index (χ2n) is 6.93. The number of benzene rings is 1. The first-order valence-electron chi connectivity index (χ1n) is 8.20. The summed E-state index contributed by atoms with van der Waals surface area (Å²) in [7, 11) is -3.39. The smallest absolute Gasteiger partial charge is 0.280 e. The quantitative estimate of drug-likeness (QED) is 0.836. The highest BCUT2D eigenvalue weighted by molar-refractivity contribution is 7.87. The van der Waals surface area contributed by atoms with E-state index in [1.54, 1.807) is 4.31 Å². The van der Waals surface area contributed by atoms with Crippen molar-refractivity contribution in [2.24, 2.45) is 5.92 Å². The Kier molecular flexibility index (Phi) is 3.43. The summed E-state index contributed by atoms with van der Waals surface area (Å²) in [5, 5.41) is 0. The average Bonchev–Trinajstić information content (AvgIpc) is 3.10. The molecule has 5 nitrogen and oxygen atoms in total. The Morgan fingerprint density at radius 3 is 2.82 bits per heavy atom. The van der Waals surface area contributed by atoms with Gasteiger partial charge >= 0.3 is 0 Å². The molecule has 3 atom stereocenters. The largest absolute Gasteiger partial charge is 0.399 e. The van der Waals surface area contributed by atoms with E-state index < -0.39 is 10.2 Å². The Morgan fingerprint density at radius 1 is 1.23 bits per heavy atom. The van der Waals surface area contributed by atoms with Gasteiger partial charge < -0.3 is 5.73 Å². The maximum atomic E-state index is 12.8. The summed E-state index contributed by atoms with van der Waals surface area (Å²) in [5.74, 6) is 0.569. The van der Waals surface area contributed by atoms with E-state index in [1.807, 2.05) is 18.2 Å². The summed E-state index contributed by atoms with van der Waals surface area (Å²) in [4.78, 5) is 0. The lowest BCUT2D eigenvalue weighted by Crippen LogP contribution is -2.46. The summed E-state index contributed by atoms with van der Waals surface area (Å²) in [5.41, 5.74) is 8.87. The zero-order chi connectivity index (χ0) is 15.3. The van der Waals surface area contributed by atoms with Crippen LogP contribution in [0.4, 0.5) is 5.69 Å². The molecule has 0 amide bonds. The van der Waals surface area contributed by atoms with E-state index in [2.05, 4.69) is 4.72 Å². The van der Waals surface area contributed by atoms with Crippen molar-refractivity contribution in [2.45, 2.75) is 50.6 Å². The van der Waals surface area contributed by atoms with E-state index in [-0.39, 0.29) is 12.1 Å². The van der Waals surface area contributed by atoms with Crippen molar-refractivity contribution in [3.63, 3.8) is 0 Å². The maximum absolute atomic E-state index is 12.8. The molecule has 2 bridgehead atoms. The van der Waals surface area contributed by atoms with Crippen LogP contribution in [0.3, 0.4) is 0 Å². The summed E-state index contributed by atoms with van der Waals surface area (Å²) in [6, 6.07) is 5.93. The topological polar surface area (TPSA) is 75.4 Å². The summed E-state index contributed by atoms with van der Waals surface area (Å²) in [6.45, 7) is 0.696. The fourth-order valence-electron chi connectivity index (χ4n) is 4.38. The van der Waals surface area contributed by atoms with Crippen LogP contribution >= 0.6 is 0 Å². The monoisotopic (exact) mass is 321 g/mol. The van der Waals surface area contributed by atoms with Crippen LogP contribution in [0.15, 0.2) is 18.2 Å². The Balaban J connectivity index is 1.57. The van der Waals surface area contributed by atoms with E-state index >= 15 is 0 Å². The van der Waals surface area contributed by atoms with Crippen molar-refractivity contribution in [3.8, 4) is 0 Å². The van der Waals surface area contributed by atoms with Gasteiger partial charge in [-0.1, -0.05) is 6.07 Å². The van der Waals surface area contributed by atoms with E-state index in [0.29, 0.717) is 12.5 Å². The first-order valence-corrected chi connectivity index (χ1v) is 9.64. The van der Waals surface area contributed by atoms with Crippen molar-refractivity contribution in [3.05, 3.63) is 29.3 Å². The molecule has 0 radical (unpaired) electrons. The highest BCUT2D eigenvalue weighted by Crippen LogP contribution is 2.39. The fourth-order valence-corrected chi connectivity index (χ4v) is 6.11. The predicted molar refractivity (Wildman–Crippen MR) is 86.4 cm³/mol. The zero-order valence-corrected chi connectivity index (χ0v) is 13.5. The van der Waals surface area contributed by atoms with Crippen LogP contribution in [0, 0.1) is 5.92 Å². The standard InChI is InChI=1S/C16H23N3O2S/c17-13-5-7-15-12(9-13)2-1-3-16(15)18-22(20,21)19-10-11-4-6-14(19)8-11/h5,7,9,11,14,16,18H,1-4,6,8,10,17H2. The third kappa shape index (κ3) is 2.43. The molecular weight excluding hydrogens is 298 g/mol. The first kappa shape index (κ1) is 14.5. The van der Waals surface area contributed by atoms with Crippen LogP contribution < -0.4 is 10.5 Å². The number of hydrogen-bond acceptors (Lipinski definition) is 3. The number of nitrogens with one attached hydrogen (secondary N) is 1. The molecule has 22 heavy (non-hydrogen) atoms. The van der Waals surface area contributed by atoms with Gasteiger partial charge in [0.2, 0.25) is 0 Å². The van der Waals surface area contributed by atoms with Gasteiger partial charge in [0.05, 0.1) is 0 Å². The maximum Gasteiger partial charge on any atom is 0.280 e. The molecule has 1 aromatic carbocycles. The van der Waals surface area contributed by atoms with E-state index in [4.69, 9.17) is 5.73 Å². The number of aryl methyl sites for hydroxylation is 1. The van der Waals surface area contributed by atoms with Gasteiger partial charge in [0.1, 0.15) is 0 Å². The van der Waals surface area contributed by atoms with Crippen LogP contribution in [-0.4, -0.2) is 25.3 Å². The van der Waals surface area contributed by atoms with Gasteiger partial charge in [0, 0.05) is 24.3 Å². The van der Waals surface area contributed by atoms with Crippen molar-refractivity contribution in [1.29, 1.82) is 0 Å². The van der Waals surface area contributed by atoms with Crippen LogP contribution in [0.25, 0.3) is 0 Å². The zero-order valence-electron chi connectivity index (χ0n) is 12.7. The second kappa shape index (κ2) is 5.22. The van der Waals surface area contributed by atoms with E-state index in [0.717, 1.165) is 43.4 Å². The number of nitrogen functional groups attached to an aromatic ring is 1. The molecule has 1 aromatic rings. The minimum Gasteiger partial charge on any atom is -0.399 e. The number of fused-ring (bicyclic) bond motifs is 3. The highest BCUT2D eigenvalue weighted by atomic mass is 32.2. The highest BCUT2D eigenvalue weighted by Gasteiger charge is 2.44. The summed E-state index contributed by atoms with van der Waals surface area (Å²) < 4.78 is 30.2. The van der Waals surface area contributed by atoms with Crippen LogP contribution in [0.5, 0.6) is 0 Å². The number of hydrogen-bond donors (Lipinski definition) is 2. The molecule has 0 aromatic heterocycles. The number of piperidine rings is 1. The van der Waals surface area contributed by atoms with Crippen LogP contribution in [0.1, 0.15) is 49.3 Å². The minimum absolute atomic E-state index is 0.117. The van der Waals surface area contributed by atoms with Gasteiger partial charge in [-0.15, -0.1) is 0 Å². The molecule has 120 valence electrons. The molecule has 1 aliphatic heterocycles. The summed E-state index contributed by atoms with van der Waals surface area (Å²) in [6.07, 6.45) is 6.07. The van der Waals surface area contributed by atoms with Crippen molar-refractivity contribution >= 4 is 15.9 Å². The normalized spacial score (nSPS) is 31.4. The van der Waals surface area contributed by atoms with Gasteiger partial charge in [-0.05, 0) is 67.7 Å². The third-order valence-corrected chi connectivity index (χ3v) is 7.09. The Labute approximate surface area is 132 Å². The molecule has 3 N–H and O–H groups in total. The van der Waals surface area contributed by atoms with Crippen molar-refractivity contribution < 1.29 is 8.42 Å². The van der Waals surface area contributed by atoms with Crippen molar-refractivity contribution in [1.82, 2.24) is 9.03 Å².